The molecule has 1 rings (SSSR count). The number of para-hydroxylation sites is 2. The van der Waals surface area contributed by atoms with Gasteiger partial charge >= 0.3 is 6.03 Å². The summed E-state index contributed by atoms with van der Waals surface area (Å²) in [5, 5.41) is 14.7. The molecule has 0 saturated heterocycles. The highest BCUT2D eigenvalue weighted by molar-refractivity contribution is 5.91. The Hall–Kier alpha value is -1.75. The Balaban J connectivity index is 2.65. The molecule has 5 nitrogen and oxygen atoms in total. The molecule has 0 bridgehead atoms. The molecule has 112 valence electrons. The largest absolute Gasteiger partial charge is 0.492 e. The van der Waals surface area contributed by atoms with Crippen LogP contribution in [0.4, 0.5) is 10.5 Å². The van der Waals surface area contributed by atoms with Crippen molar-refractivity contribution in [2.24, 2.45) is 5.92 Å². The van der Waals surface area contributed by atoms with Crippen molar-refractivity contribution < 1.29 is 14.6 Å². The van der Waals surface area contributed by atoms with E-state index < -0.39 is 0 Å². The molecular weight excluding hydrogens is 256 g/mol. The van der Waals surface area contributed by atoms with Crippen molar-refractivity contribution in [3.63, 3.8) is 0 Å². The van der Waals surface area contributed by atoms with Crippen LogP contribution in [-0.4, -0.2) is 30.4 Å². The molecule has 1 atom stereocenters. The zero-order valence-corrected chi connectivity index (χ0v) is 12.3. The summed E-state index contributed by atoms with van der Waals surface area (Å²) in [6.45, 7) is 6.51. The van der Waals surface area contributed by atoms with Gasteiger partial charge in [-0.15, -0.1) is 0 Å². The number of benzene rings is 1. The van der Waals surface area contributed by atoms with Gasteiger partial charge < -0.3 is 20.5 Å². The van der Waals surface area contributed by atoms with Gasteiger partial charge in [0.05, 0.1) is 12.3 Å². The Morgan fingerprint density at radius 1 is 1.35 bits per heavy atom. The first-order valence-electron chi connectivity index (χ1n) is 6.98. The predicted molar refractivity (Wildman–Crippen MR) is 80.1 cm³/mol. The molecule has 20 heavy (non-hydrogen) atoms. The predicted octanol–water partition coefficient (Wildman–Crippen LogP) is 2.61. The van der Waals surface area contributed by atoms with Crippen LogP contribution in [0.1, 0.15) is 27.2 Å². The van der Waals surface area contributed by atoms with E-state index in [2.05, 4.69) is 10.6 Å². The van der Waals surface area contributed by atoms with Gasteiger partial charge in [-0.3, -0.25) is 0 Å². The quantitative estimate of drug-likeness (QED) is 0.719. The number of urea groups is 1. The molecule has 0 spiro atoms. The van der Waals surface area contributed by atoms with E-state index in [-0.39, 0.29) is 24.6 Å². The fourth-order valence-electron chi connectivity index (χ4n) is 1.89. The highest BCUT2D eigenvalue weighted by atomic mass is 16.5. The molecule has 0 saturated carbocycles. The number of hydrogen-bond donors (Lipinski definition) is 3. The van der Waals surface area contributed by atoms with E-state index in [1.807, 2.05) is 39.0 Å². The lowest BCUT2D eigenvalue weighted by atomic mass is 10.0. The average molecular weight is 280 g/mol. The average Bonchev–Trinajstić information content (AvgIpc) is 2.40. The molecule has 0 aliphatic heterocycles. The van der Waals surface area contributed by atoms with Gasteiger partial charge in [-0.25, -0.2) is 4.79 Å². The lowest BCUT2D eigenvalue weighted by Gasteiger charge is -2.22. The second-order valence-corrected chi connectivity index (χ2v) is 4.89. The maximum absolute atomic E-state index is 12.0. The van der Waals surface area contributed by atoms with Crippen molar-refractivity contribution in [3.8, 4) is 5.75 Å². The van der Waals surface area contributed by atoms with Crippen LogP contribution in [0, 0.1) is 5.92 Å². The summed E-state index contributed by atoms with van der Waals surface area (Å²) in [7, 11) is 0. The van der Waals surface area contributed by atoms with Crippen LogP contribution >= 0.6 is 0 Å². The molecule has 0 fully saturated rings. The van der Waals surface area contributed by atoms with E-state index in [1.165, 1.54) is 0 Å². The van der Waals surface area contributed by atoms with Gasteiger partial charge in [0.1, 0.15) is 5.75 Å². The van der Waals surface area contributed by atoms with Gasteiger partial charge in [0, 0.05) is 12.6 Å². The zero-order valence-electron chi connectivity index (χ0n) is 12.3. The van der Waals surface area contributed by atoms with Crippen LogP contribution in [0.3, 0.4) is 0 Å². The Morgan fingerprint density at radius 2 is 2.05 bits per heavy atom. The van der Waals surface area contributed by atoms with Crippen molar-refractivity contribution in [3.05, 3.63) is 24.3 Å². The molecule has 0 aliphatic rings. The SMILES string of the molecule is CCOc1ccccc1NC(=O)NC(CCO)C(C)C. The molecule has 3 N–H and O–H groups in total. The third-order valence-corrected chi connectivity index (χ3v) is 3.00. The lowest BCUT2D eigenvalue weighted by molar-refractivity contribution is 0.227. The Morgan fingerprint density at radius 3 is 2.65 bits per heavy atom. The summed E-state index contributed by atoms with van der Waals surface area (Å²) < 4.78 is 5.46. The standard InChI is InChI=1S/C15H24N2O3/c1-4-20-14-8-6-5-7-13(14)17-15(19)16-12(9-10-18)11(2)3/h5-8,11-12,18H,4,9-10H2,1-3H3,(H2,16,17,19). The van der Waals surface area contributed by atoms with Gasteiger partial charge in [-0.05, 0) is 31.4 Å². The van der Waals surface area contributed by atoms with Crippen molar-refractivity contribution in [1.82, 2.24) is 5.32 Å². The zero-order chi connectivity index (χ0) is 15.0. The van der Waals surface area contributed by atoms with E-state index >= 15 is 0 Å². The fraction of sp³-hybridized carbons (Fsp3) is 0.533. The molecule has 0 heterocycles. The third-order valence-electron chi connectivity index (χ3n) is 3.00. The minimum absolute atomic E-state index is 0.0542. The van der Waals surface area contributed by atoms with Crippen molar-refractivity contribution in [2.75, 3.05) is 18.5 Å². The van der Waals surface area contributed by atoms with Gasteiger partial charge in [0.25, 0.3) is 0 Å². The number of ether oxygens (including phenoxy) is 1. The topological polar surface area (TPSA) is 70.6 Å². The maximum atomic E-state index is 12.0. The number of rotatable bonds is 7. The number of hydrogen-bond acceptors (Lipinski definition) is 3. The Kier molecular flexibility index (Phi) is 6.87. The summed E-state index contributed by atoms with van der Waals surface area (Å²) in [4.78, 5) is 12.0. The highest BCUT2D eigenvalue weighted by Crippen LogP contribution is 2.23. The molecule has 5 heteroatoms. The number of carbonyl (C=O) groups is 1. The molecule has 1 aromatic rings. The second-order valence-electron chi connectivity index (χ2n) is 4.89. The van der Waals surface area contributed by atoms with Crippen molar-refractivity contribution in [1.29, 1.82) is 0 Å². The van der Waals surface area contributed by atoms with Crippen LogP contribution < -0.4 is 15.4 Å². The van der Waals surface area contributed by atoms with Crippen LogP contribution in [-0.2, 0) is 0 Å². The Bertz CT molecular complexity index is 421. The minimum Gasteiger partial charge on any atom is -0.492 e. The fourth-order valence-corrected chi connectivity index (χ4v) is 1.89. The van der Waals surface area contributed by atoms with E-state index in [4.69, 9.17) is 9.84 Å². The number of anilines is 1. The molecule has 0 radical (unpaired) electrons. The third kappa shape index (κ3) is 5.09. The van der Waals surface area contributed by atoms with Crippen LogP contribution in [0.2, 0.25) is 0 Å². The van der Waals surface area contributed by atoms with Crippen LogP contribution in [0.25, 0.3) is 0 Å². The van der Waals surface area contributed by atoms with E-state index in [1.54, 1.807) is 6.07 Å². The van der Waals surface area contributed by atoms with Crippen molar-refractivity contribution in [2.45, 2.75) is 33.2 Å². The molecule has 0 aromatic heterocycles. The van der Waals surface area contributed by atoms with E-state index in [0.717, 1.165) is 0 Å². The summed E-state index contributed by atoms with van der Waals surface area (Å²) >= 11 is 0. The normalized spacial score (nSPS) is 12.1. The first kappa shape index (κ1) is 16.3. The van der Waals surface area contributed by atoms with E-state index in [9.17, 15) is 4.79 Å². The second kappa shape index (κ2) is 8.43. The maximum Gasteiger partial charge on any atom is 0.319 e. The molecule has 1 aromatic carbocycles. The van der Waals surface area contributed by atoms with Gasteiger partial charge in [-0.2, -0.15) is 0 Å². The lowest BCUT2D eigenvalue weighted by Crippen LogP contribution is -2.41. The minimum atomic E-state index is -0.288. The molecule has 1 unspecified atom stereocenters. The molecular formula is C15H24N2O3. The number of carbonyl (C=O) groups excluding carboxylic acids is 1. The van der Waals surface area contributed by atoms with Gasteiger partial charge in [-0.1, -0.05) is 26.0 Å². The number of amides is 2. The van der Waals surface area contributed by atoms with Crippen molar-refractivity contribution >= 4 is 11.7 Å². The summed E-state index contributed by atoms with van der Waals surface area (Å²) in [5.74, 6) is 0.906. The van der Waals surface area contributed by atoms with Crippen LogP contribution in [0.15, 0.2) is 24.3 Å². The summed E-state index contributed by atoms with van der Waals surface area (Å²) in [5.41, 5.74) is 0.637. The summed E-state index contributed by atoms with van der Waals surface area (Å²) in [6.07, 6.45) is 0.540. The van der Waals surface area contributed by atoms with Gasteiger partial charge in [0.2, 0.25) is 0 Å². The summed E-state index contributed by atoms with van der Waals surface area (Å²) in [6, 6.07) is 6.96. The first-order chi connectivity index (χ1) is 9.58. The molecule has 2 amide bonds. The number of aliphatic hydroxyl groups excluding tert-OH is 1. The smallest absolute Gasteiger partial charge is 0.319 e. The number of nitrogens with one attached hydrogen (secondary N) is 2. The van der Waals surface area contributed by atoms with Gasteiger partial charge in [0.15, 0.2) is 0 Å². The molecule has 0 aliphatic carbocycles. The van der Waals surface area contributed by atoms with Crippen LogP contribution in [0.5, 0.6) is 5.75 Å². The monoisotopic (exact) mass is 280 g/mol. The first-order valence-corrected chi connectivity index (χ1v) is 6.98. The Labute approximate surface area is 120 Å². The number of aliphatic hydroxyl groups is 1. The highest BCUT2D eigenvalue weighted by Gasteiger charge is 2.16. The van der Waals surface area contributed by atoms with E-state index in [0.29, 0.717) is 24.5 Å².